The van der Waals surface area contributed by atoms with E-state index in [0.717, 1.165) is 44.8 Å². The average molecular weight is 700 g/mol. The first-order valence-corrected chi connectivity index (χ1v) is 17.3. The topological polar surface area (TPSA) is 121 Å². The molecule has 0 radical (unpaired) electrons. The molecule has 236 valence electrons. The molecule has 0 saturated carbocycles. The fourth-order valence-corrected chi connectivity index (χ4v) is 6.18. The van der Waals surface area contributed by atoms with Crippen LogP contribution in [0.4, 0.5) is 5.69 Å². The van der Waals surface area contributed by atoms with Crippen molar-refractivity contribution in [1.82, 2.24) is 0 Å². The molecule has 4 aromatic carbocycles. The van der Waals surface area contributed by atoms with Crippen LogP contribution in [0.2, 0.25) is 0 Å². The van der Waals surface area contributed by atoms with E-state index in [1.54, 1.807) is 24.3 Å². The summed E-state index contributed by atoms with van der Waals surface area (Å²) in [6, 6.07) is 28.6. The molecular formula is C36H33N2Na2O6S2+. The van der Waals surface area contributed by atoms with Crippen LogP contribution in [-0.2, 0) is 33.3 Å². The number of rotatable bonds is 9. The van der Waals surface area contributed by atoms with Gasteiger partial charge in [-0.05, 0) is 83.3 Å². The van der Waals surface area contributed by atoms with Gasteiger partial charge in [0.25, 0.3) is 0 Å². The van der Waals surface area contributed by atoms with E-state index < -0.39 is 20.2 Å². The van der Waals surface area contributed by atoms with E-state index in [1.807, 2.05) is 47.9 Å². The number of hydrogen-bond acceptors (Lipinski definition) is 7. The molecule has 0 aromatic heterocycles. The van der Waals surface area contributed by atoms with E-state index in [0.29, 0.717) is 13.1 Å². The Kier molecular flexibility index (Phi) is 14.0. The van der Waals surface area contributed by atoms with Gasteiger partial charge in [0.2, 0.25) is 0 Å². The number of aryl methyl sites for hydroxylation is 1. The fraction of sp³-hybridized carbons (Fsp3) is 0.139. The van der Waals surface area contributed by atoms with Crippen molar-refractivity contribution in [2.45, 2.75) is 29.8 Å². The largest absolute Gasteiger partial charge is 1.00 e. The van der Waals surface area contributed by atoms with E-state index in [4.69, 9.17) is 0 Å². The van der Waals surface area contributed by atoms with Crippen LogP contribution in [0.3, 0.4) is 0 Å². The van der Waals surface area contributed by atoms with Crippen LogP contribution in [0.25, 0.3) is 5.57 Å². The van der Waals surface area contributed by atoms with Crippen molar-refractivity contribution in [3.05, 3.63) is 155 Å². The second-order valence-corrected chi connectivity index (χ2v) is 14.0. The molecule has 5 rings (SSSR count). The Hall–Kier alpha value is -2.61. The Bertz CT molecular complexity index is 2070. The van der Waals surface area contributed by atoms with Gasteiger partial charge in [0, 0.05) is 37.0 Å². The molecule has 0 unspecified atom stereocenters. The molecule has 1 aliphatic carbocycles. The first kappa shape index (κ1) is 39.8. The Balaban J connectivity index is 0.00000312. The molecule has 8 nitrogen and oxygen atoms in total. The van der Waals surface area contributed by atoms with Gasteiger partial charge >= 0.3 is 59.1 Å². The summed E-state index contributed by atoms with van der Waals surface area (Å²) in [5, 5.41) is 0. The van der Waals surface area contributed by atoms with Gasteiger partial charge in [-0.3, -0.25) is 0 Å². The van der Waals surface area contributed by atoms with Crippen molar-refractivity contribution in [2.24, 2.45) is 0 Å². The summed E-state index contributed by atoms with van der Waals surface area (Å²) in [7, 11) is -5.06. The van der Waals surface area contributed by atoms with Crippen LogP contribution < -0.4 is 64.0 Å². The monoisotopic (exact) mass is 699 g/mol. The summed E-state index contributed by atoms with van der Waals surface area (Å²) in [5.41, 5.74) is 9.12. The molecule has 0 atom stereocenters. The minimum Gasteiger partial charge on any atom is -0.744 e. The normalized spacial score (nSPS) is 12.6. The Morgan fingerprint density at radius 1 is 0.646 bits per heavy atom. The molecule has 0 amide bonds. The SMILES string of the molecule is Cc1ccc(C(=C2C=CC(=[N+](C)Cc3ccc(S(=O)(=O)[O-])cc3)C=C2)c2ccc(N(C)Cc3ccc(S(=O)(=O)[O-])cc3)cc2)cc1.[Na+].[Na+]. The van der Waals surface area contributed by atoms with Crippen molar-refractivity contribution >= 4 is 37.2 Å². The van der Waals surface area contributed by atoms with E-state index in [1.165, 1.54) is 29.8 Å². The van der Waals surface area contributed by atoms with Gasteiger partial charge in [0.05, 0.1) is 9.79 Å². The number of benzene rings is 4. The van der Waals surface area contributed by atoms with E-state index >= 15 is 0 Å². The van der Waals surface area contributed by atoms with E-state index in [-0.39, 0.29) is 68.9 Å². The Morgan fingerprint density at radius 2 is 1.08 bits per heavy atom. The van der Waals surface area contributed by atoms with Crippen molar-refractivity contribution in [3.8, 4) is 0 Å². The van der Waals surface area contributed by atoms with Gasteiger partial charge in [0.15, 0.2) is 12.3 Å². The van der Waals surface area contributed by atoms with E-state index in [2.05, 4.69) is 55.5 Å². The zero-order valence-electron chi connectivity index (χ0n) is 27.6. The van der Waals surface area contributed by atoms with Crippen molar-refractivity contribution in [1.29, 1.82) is 0 Å². The quantitative estimate of drug-likeness (QED) is 0.133. The molecule has 4 aromatic rings. The third-order valence-corrected chi connectivity index (χ3v) is 9.50. The van der Waals surface area contributed by atoms with Gasteiger partial charge in [-0.1, -0.05) is 66.2 Å². The second-order valence-electron chi connectivity index (χ2n) is 11.2. The van der Waals surface area contributed by atoms with Crippen LogP contribution >= 0.6 is 0 Å². The summed E-state index contributed by atoms with van der Waals surface area (Å²) >= 11 is 0. The number of hydrogen-bond donors (Lipinski definition) is 0. The maximum absolute atomic E-state index is 11.3. The van der Waals surface area contributed by atoms with E-state index in [9.17, 15) is 25.9 Å². The van der Waals surface area contributed by atoms with Crippen LogP contribution in [0.15, 0.2) is 137 Å². The molecule has 0 spiro atoms. The molecule has 0 N–H and O–H groups in total. The summed E-state index contributed by atoms with van der Waals surface area (Å²) < 4.78 is 69.6. The smallest absolute Gasteiger partial charge is 0.744 e. The summed E-state index contributed by atoms with van der Waals surface area (Å²) in [5.74, 6) is 0. The fourth-order valence-electron chi connectivity index (χ4n) is 5.24. The van der Waals surface area contributed by atoms with Gasteiger partial charge in [0.1, 0.15) is 27.3 Å². The molecule has 0 bridgehead atoms. The first-order valence-electron chi connectivity index (χ1n) is 14.4. The minimum absolute atomic E-state index is 0. The molecule has 0 aliphatic heterocycles. The van der Waals surface area contributed by atoms with Gasteiger partial charge in [-0.2, -0.15) is 0 Å². The van der Waals surface area contributed by atoms with Crippen molar-refractivity contribution in [3.63, 3.8) is 0 Å². The molecular weight excluding hydrogens is 667 g/mol. The maximum Gasteiger partial charge on any atom is 1.00 e. The molecule has 12 heteroatoms. The predicted molar refractivity (Wildman–Crippen MR) is 178 cm³/mol. The van der Waals surface area contributed by atoms with Crippen LogP contribution in [0.5, 0.6) is 0 Å². The standard InChI is InChI=1S/C36H34N2O6S2.2Na/c1-26-4-10-29(11-5-26)36(30-12-16-32(17-13-30)37(2)24-27-6-20-34(21-7-27)45(39,40)41)31-14-18-33(19-15-31)38(3)25-28-8-22-35(23-9-28)46(42,43)44;;/h4-23H,24-25H2,1-3H3,(H-,39,40,41,42,43,44);;/q;2*+1/p-1. The molecule has 48 heavy (non-hydrogen) atoms. The Morgan fingerprint density at radius 3 is 1.54 bits per heavy atom. The third-order valence-electron chi connectivity index (χ3n) is 7.80. The van der Waals surface area contributed by atoms with Gasteiger partial charge in [-0.15, -0.1) is 0 Å². The summed E-state index contributed by atoms with van der Waals surface area (Å²) in [4.78, 5) is 1.56. The molecule has 0 heterocycles. The molecule has 0 saturated heterocycles. The Labute approximate surface area is 327 Å². The van der Waals surface area contributed by atoms with Crippen molar-refractivity contribution in [2.75, 3.05) is 19.0 Å². The van der Waals surface area contributed by atoms with Crippen LogP contribution in [0.1, 0.15) is 27.8 Å². The number of allylic oxidation sites excluding steroid dienone is 5. The number of nitrogens with zero attached hydrogens (tertiary/aromatic N) is 2. The number of anilines is 1. The second kappa shape index (κ2) is 16.9. The third kappa shape index (κ3) is 10.2. The first-order chi connectivity index (χ1) is 21.8. The predicted octanol–water partition coefficient (Wildman–Crippen LogP) is -0.341. The van der Waals surface area contributed by atoms with Crippen molar-refractivity contribution < 1.29 is 89.6 Å². The maximum atomic E-state index is 11.3. The van der Waals surface area contributed by atoms with Crippen LogP contribution in [-0.4, -0.2) is 50.3 Å². The van der Waals surface area contributed by atoms with Gasteiger partial charge in [-0.25, -0.2) is 21.4 Å². The van der Waals surface area contributed by atoms with Crippen LogP contribution in [0, 0.1) is 6.92 Å². The minimum atomic E-state index is -4.48. The zero-order chi connectivity index (χ0) is 33.1. The summed E-state index contributed by atoms with van der Waals surface area (Å²) in [6.45, 7) is 3.12. The average Bonchev–Trinajstić information content (AvgIpc) is 3.02. The zero-order valence-corrected chi connectivity index (χ0v) is 33.3. The molecule has 1 aliphatic rings. The molecule has 0 fully saturated rings. The van der Waals surface area contributed by atoms with Gasteiger partial charge < -0.3 is 14.0 Å². The summed E-state index contributed by atoms with van der Waals surface area (Å²) in [6.07, 6.45) is 8.26.